The number of piperidine rings is 1. The van der Waals surface area contributed by atoms with Crippen molar-refractivity contribution in [2.45, 2.75) is 39.2 Å². The second-order valence-electron chi connectivity index (χ2n) is 7.32. The van der Waals surface area contributed by atoms with Crippen LogP contribution in [0.2, 0.25) is 0 Å². The fourth-order valence-corrected chi connectivity index (χ4v) is 3.66. The van der Waals surface area contributed by atoms with Crippen molar-refractivity contribution >= 4 is 33.5 Å². The topological polar surface area (TPSA) is 54.5 Å². The highest BCUT2D eigenvalue weighted by molar-refractivity contribution is 7.13. The van der Waals surface area contributed by atoms with Gasteiger partial charge in [-0.1, -0.05) is 12.1 Å². The highest BCUT2D eigenvalue weighted by Gasteiger charge is 2.26. The van der Waals surface area contributed by atoms with Crippen molar-refractivity contribution in [3.05, 3.63) is 24.3 Å². The van der Waals surface area contributed by atoms with Crippen molar-refractivity contribution in [1.29, 1.82) is 0 Å². The first-order valence-corrected chi connectivity index (χ1v) is 9.26. The normalized spacial score (nSPS) is 16.4. The minimum Gasteiger partial charge on any atom is -0.444 e. The summed E-state index contributed by atoms with van der Waals surface area (Å²) in [7, 11) is 0. The van der Waals surface area contributed by atoms with Gasteiger partial charge in [-0.05, 0) is 63.2 Å². The van der Waals surface area contributed by atoms with Crippen LogP contribution in [0.3, 0.4) is 0 Å². The molecule has 1 saturated heterocycles. The third-order valence-electron chi connectivity index (χ3n) is 4.20. The largest absolute Gasteiger partial charge is 0.444 e. The summed E-state index contributed by atoms with van der Waals surface area (Å²) in [5.74, 6) is 1.54. The van der Waals surface area contributed by atoms with Crippen LogP contribution in [0.5, 0.6) is 0 Å². The first-order chi connectivity index (χ1) is 11.4. The van der Waals surface area contributed by atoms with Gasteiger partial charge < -0.3 is 15.0 Å². The van der Waals surface area contributed by atoms with Crippen molar-refractivity contribution in [2.24, 2.45) is 5.92 Å². The van der Waals surface area contributed by atoms with E-state index in [0.29, 0.717) is 5.92 Å². The van der Waals surface area contributed by atoms with Crippen LogP contribution < -0.4 is 5.32 Å². The van der Waals surface area contributed by atoms with Crippen LogP contribution in [0.15, 0.2) is 24.3 Å². The van der Waals surface area contributed by atoms with E-state index in [1.54, 1.807) is 0 Å². The zero-order chi connectivity index (χ0) is 17.2. The summed E-state index contributed by atoms with van der Waals surface area (Å²) in [6.07, 6.45) is 1.79. The van der Waals surface area contributed by atoms with Crippen LogP contribution in [-0.2, 0) is 4.74 Å². The number of amides is 1. The zero-order valence-corrected chi connectivity index (χ0v) is 15.4. The lowest BCUT2D eigenvalue weighted by atomic mass is 9.97. The third kappa shape index (κ3) is 4.17. The molecule has 1 amide bonds. The molecule has 1 fully saturated rings. The van der Waals surface area contributed by atoms with Gasteiger partial charge in [0.2, 0.25) is 0 Å². The molecule has 0 spiro atoms. The molecular weight excluding hydrogens is 322 g/mol. The Hall–Kier alpha value is -1.82. The highest BCUT2D eigenvalue weighted by Crippen LogP contribution is 2.27. The van der Waals surface area contributed by atoms with Gasteiger partial charge in [-0.3, -0.25) is 0 Å². The summed E-state index contributed by atoms with van der Waals surface area (Å²) < 4.78 is 11.2. The molecule has 2 aromatic rings. The fourth-order valence-electron chi connectivity index (χ4n) is 2.90. The van der Waals surface area contributed by atoms with E-state index in [1.807, 2.05) is 37.8 Å². The quantitative estimate of drug-likeness (QED) is 0.896. The summed E-state index contributed by atoms with van der Waals surface area (Å²) in [4.78, 5) is 13.9. The molecule has 24 heavy (non-hydrogen) atoms. The maximum Gasteiger partial charge on any atom is 0.410 e. The van der Waals surface area contributed by atoms with Crippen molar-refractivity contribution in [3.63, 3.8) is 0 Å². The second kappa shape index (κ2) is 6.97. The number of carbonyl (C=O) groups is 1. The predicted octanol–water partition coefficient (Wildman–Crippen LogP) is 4.36. The fraction of sp³-hybridized carbons (Fsp3) is 0.556. The van der Waals surface area contributed by atoms with E-state index in [-0.39, 0.29) is 6.09 Å². The Morgan fingerprint density at radius 3 is 2.75 bits per heavy atom. The summed E-state index contributed by atoms with van der Waals surface area (Å²) in [6, 6.07) is 8.28. The molecule has 1 aliphatic rings. The lowest BCUT2D eigenvalue weighted by Crippen LogP contribution is -2.42. The van der Waals surface area contributed by atoms with Crippen LogP contribution in [0, 0.1) is 5.92 Å². The molecule has 1 aromatic carbocycles. The van der Waals surface area contributed by atoms with E-state index >= 15 is 0 Å². The number of nitrogens with zero attached hydrogens (tertiary/aromatic N) is 2. The Kier molecular flexibility index (Phi) is 4.94. The first-order valence-electron chi connectivity index (χ1n) is 8.48. The predicted molar refractivity (Wildman–Crippen MR) is 98.6 cm³/mol. The Bertz CT molecular complexity index is 700. The number of aromatic nitrogens is 1. The van der Waals surface area contributed by atoms with Gasteiger partial charge in [-0.15, -0.1) is 0 Å². The molecule has 0 unspecified atom stereocenters. The van der Waals surface area contributed by atoms with Crippen molar-refractivity contribution in [2.75, 3.05) is 25.0 Å². The van der Waals surface area contributed by atoms with Crippen molar-refractivity contribution in [1.82, 2.24) is 9.27 Å². The molecule has 0 bridgehead atoms. The van der Waals surface area contributed by atoms with E-state index in [0.717, 1.165) is 38.3 Å². The minimum absolute atomic E-state index is 0.195. The number of nitrogens with one attached hydrogen (secondary N) is 1. The Balaban J connectivity index is 1.48. The molecule has 1 aromatic heterocycles. The standard InChI is InChI=1S/C18H25N3O2S/c1-18(2,3)23-17(22)21-10-8-13(9-11-21)12-19-16-14-6-4-5-7-15(14)24-20-16/h4-7,13H,8-12H2,1-3H3,(H,19,20). The van der Waals surface area contributed by atoms with Crippen molar-refractivity contribution in [3.8, 4) is 0 Å². The molecule has 0 atom stereocenters. The second-order valence-corrected chi connectivity index (χ2v) is 8.12. The molecule has 1 aliphatic heterocycles. The van der Waals surface area contributed by atoms with Crippen molar-refractivity contribution < 1.29 is 9.53 Å². The van der Waals surface area contributed by atoms with E-state index < -0.39 is 5.60 Å². The number of hydrogen-bond acceptors (Lipinski definition) is 5. The van der Waals surface area contributed by atoms with Gasteiger partial charge in [-0.2, -0.15) is 4.37 Å². The lowest BCUT2D eigenvalue weighted by Gasteiger charge is -2.33. The molecule has 1 N–H and O–H groups in total. The van der Waals surface area contributed by atoms with Gasteiger partial charge in [0, 0.05) is 25.0 Å². The van der Waals surface area contributed by atoms with E-state index in [4.69, 9.17) is 4.74 Å². The molecule has 6 heteroatoms. The molecular formula is C18H25N3O2S. The van der Waals surface area contributed by atoms with Crippen LogP contribution in [0.25, 0.3) is 10.1 Å². The number of ether oxygens (including phenoxy) is 1. The molecule has 0 radical (unpaired) electrons. The van der Waals surface area contributed by atoms with Gasteiger partial charge in [0.05, 0.1) is 4.70 Å². The van der Waals surface area contributed by atoms with Gasteiger partial charge in [0.1, 0.15) is 11.4 Å². The van der Waals surface area contributed by atoms with E-state index in [9.17, 15) is 4.79 Å². The zero-order valence-electron chi connectivity index (χ0n) is 14.5. The van der Waals surface area contributed by atoms with Crippen LogP contribution in [-0.4, -0.2) is 40.6 Å². The first kappa shape index (κ1) is 17.0. The smallest absolute Gasteiger partial charge is 0.410 e. The van der Waals surface area contributed by atoms with Gasteiger partial charge in [0.25, 0.3) is 0 Å². The number of hydrogen-bond donors (Lipinski definition) is 1. The Labute approximate surface area is 147 Å². The Morgan fingerprint density at radius 1 is 1.33 bits per heavy atom. The number of rotatable bonds is 3. The highest BCUT2D eigenvalue weighted by atomic mass is 32.1. The van der Waals surface area contributed by atoms with E-state index in [2.05, 4.69) is 21.8 Å². The summed E-state index contributed by atoms with van der Waals surface area (Å²) >= 11 is 1.53. The van der Waals surface area contributed by atoms with E-state index in [1.165, 1.54) is 21.6 Å². The molecule has 0 saturated carbocycles. The Morgan fingerprint density at radius 2 is 2.04 bits per heavy atom. The number of benzene rings is 1. The summed E-state index contributed by atoms with van der Waals surface area (Å²) in [5, 5.41) is 4.67. The third-order valence-corrected chi connectivity index (χ3v) is 5.03. The molecule has 2 heterocycles. The van der Waals surface area contributed by atoms with Crippen LogP contribution >= 0.6 is 11.5 Å². The summed E-state index contributed by atoms with van der Waals surface area (Å²) in [6.45, 7) is 8.13. The number of carbonyl (C=O) groups excluding carboxylic acids is 1. The van der Waals surface area contributed by atoms with Gasteiger partial charge >= 0.3 is 6.09 Å². The number of fused-ring (bicyclic) bond motifs is 1. The average Bonchev–Trinajstić information content (AvgIpc) is 2.95. The molecule has 130 valence electrons. The SMILES string of the molecule is CC(C)(C)OC(=O)N1CCC(CNc2nsc3ccccc23)CC1. The van der Waals surface area contributed by atoms with Gasteiger partial charge in [0.15, 0.2) is 0 Å². The van der Waals surface area contributed by atoms with Crippen LogP contribution in [0.4, 0.5) is 10.6 Å². The molecule has 5 nitrogen and oxygen atoms in total. The minimum atomic E-state index is -0.429. The monoisotopic (exact) mass is 347 g/mol. The number of anilines is 1. The molecule has 3 rings (SSSR count). The van der Waals surface area contributed by atoms with Crippen LogP contribution in [0.1, 0.15) is 33.6 Å². The maximum absolute atomic E-state index is 12.1. The summed E-state index contributed by atoms with van der Waals surface area (Å²) in [5.41, 5.74) is -0.429. The van der Waals surface area contributed by atoms with Gasteiger partial charge in [-0.25, -0.2) is 4.79 Å². The maximum atomic E-state index is 12.1. The number of likely N-dealkylation sites (tertiary alicyclic amines) is 1. The average molecular weight is 347 g/mol. The lowest BCUT2D eigenvalue weighted by molar-refractivity contribution is 0.0188. The molecule has 0 aliphatic carbocycles.